The third-order valence-corrected chi connectivity index (χ3v) is 3.10. The molecule has 0 fully saturated rings. The van der Waals surface area contributed by atoms with Crippen LogP contribution in [0.5, 0.6) is 0 Å². The average molecular weight is 339 g/mol. The fourth-order valence-corrected chi connectivity index (χ4v) is 2.37. The molecular formula is C8H5Br2NO4. The standard InChI is InChI=1S/C8H5Br2NO4/c1-15-8(12)4-2-3-5(9)7(6(4)10)11(13)14/h2-3H,1H3. The van der Waals surface area contributed by atoms with Crippen LogP contribution < -0.4 is 0 Å². The van der Waals surface area contributed by atoms with Gasteiger partial charge in [0.05, 0.1) is 22.1 Å². The van der Waals surface area contributed by atoms with Crippen LogP contribution in [0.15, 0.2) is 21.1 Å². The van der Waals surface area contributed by atoms with Crippen LogP contribution >= 0.6 is 31.9 Å². The fraction of sp³-hybridized carbons (Fsp3) is 0.125. The fourth-order valence-electron chi connectivity index (χ4n) is 0.976. The Labute approximate surface area is 102 Å². The van der Waals surface area contributed by atoms with E-state index in [1.54, 1.807) is 0 Å². The molecule has 15 heavy (non-hydrogen) atoms. The number of rotatable bonds is 2. The van der Waals surface area contributed by atoms with Crippen LogP contribution in [0.3, 0.4) is 0 Å². The van der Waals surface area contributed by atoms with Crippen LogP contribution in [0.4, 0.5) is 5.69 Å². The number of nitro groups is 1. The average Bonchev–Trinajstić information content (AvgIpc) is 2.16. The molecule has 0 aromatic heterocycles. The molecule has 1 aromatic rings. The van der Waals surface area contributed by atoms with E-state index in [-0.39, 0.29) is 15.7 Å². The van der Waals surface area contributed by atoms with Gasteiger partial charge in [0, 0.05) is 0 Å². The molecule has 0 heterocycles. The summed E-state index contributed by atoms with van der Waals surface area (Å²) in [6.07, 6.45) is 0. The summed E-state index contributed by atoms with van der Waals surface area (Å²) in [7, 11) is 1.21. The minimum absolute atomic E-state index is 0.105. The van der Waals surface area contributed by atoms with Gasteiger partial charge in [-0.05, 0) is 44.0 Å². The minimum atomic E-state index is -0.627. The lowest BCUT2D eigenvalue weighted by molar-refractivity contribution is -0.386. The van der Waals surface area contributed by atoms with Gasteiger partial charge in [-0.25, -0.2) is 4.79 Å². The van der Waals surface area contributed by atoms with Gasteiger partial charge in [-0.1, -0.05) is 0 Å². The first kappa shape index (κ1) is 12.1. The molecule has 0 unspecified atom stereocenters. The van der Waals surface area contributed by atoms with Crippen molar-refractivity contribution in [3.8, 4) is 0 Å². The highest BCUT2D eigenvalue weighted by Gasteiger charge is 2.23. The molecule has 0 atom stereocenters. The minimum Gasteiger partial charge on any atom is -0.465 e. The Kier molecular flexibility index (Phi) is 3.81. The molecule has 5 nitrogen and oxygen atoms in total. The third-order valence-electron chi connectivity index (χ3n) is 1.65. The number of methoxy groups -OCH3 is 1. The number of carbonyl (C=O) groups excluding carboxylic acids is 1. The van der Waals surface area contributed by atoms with Crippen LogP contribution in [0.25, 0.3) is 0 Å². The molecule has 0 bridgehead atoms. The smallest absolute Gasteiger partial charge is 0.339 e. The van der Waals surface area contributed by atoms with Crippen molar-refractivity contribution in [1.29, 1.82) is 0 Å². The second-order valence-corrected chi connectivity index (χ2v) is 4.15. The van der Waals surface area contributed by atoms with E-state index in [0.717, 1.165) is 0 Å². The lowest BCUT2D eigenvalue weighted by atomic mass is 10.2. The van der Waals surface area contributed by atoms with Crippen molar-refractivity contribution in [3.05, 3.63) is 36.8 Å². The topological polar surface area (TPSA) is 69.4 Å². The predicted octanol–water partition coefficient (Wildman–Crippen LogP) is 2.91. The van der Waals surface area contributed by atoms with Crippen molar-refractivity contribution < 1.29 is 14.5 Å². The monoisotopic (exact) mass is 337 g/mol. The number of benzene rings is 1. The summed E-state index contributed by atoms with van der Waals surface area (Å²) in [6, 6.07) is 2.86. The van der Waals surface area contributed by atoms with Gasteiger partial charge in [0.25, 0.3) is 5.69 Å². The zero-order valence-corrected chi connectivity index (χ0v) is 10.7. The first-order chi connectivity index (χ1) is 6.99. The Balaban J connectivity index is 3.41. The maximum Gasteiger partial charge on any atom is 0.339 e. The Morgan fingerprint density at radius 3 is 2.53 bits per heavy atom. The summed E-state index contributed by atoms with van der Waals surface area (Å²) in [5, 5.41) is 10.7. The normalized spacial score (nSPS) is 9.80. The molecule has 0 aliphatic heterocycles. The summed E-state index contributed by atoms with van der Waals surface area (Å²) in [4.78, 5) is 21.3. The molecule has 7 heteroatoms. The van der Waals surface area contributed by atoms with Gasteiger partial charge >= 0.3 is 5.97 Å². The Hall–Kier alpha value is -0.950. The lowest BCUT2D eigenvalue weighted by Crippen LogP contribution is -2.04. The second kappa shape index (κ2) is 4.71. The Morgan fingerprint density at radius 2 is 2.07 bits per heavy atom. The summed E-state index contributed by atoms with van der Waals surface area (Å²) in [6.45, 7) is 0. The highest BCUT2D eigenvalue weighted by Crippen LogP contribution is 2.35. The zero-order chi connectivity index (χ0) is 11.6. The second-order valence-electron chi connectivity index (χ2n) is 2.51. The largest absolute Gasteiger partial charge is 0.465 e. The number of hydrogen-bond acceptors (Lipinski definition) is 4. The molecule has 1 rings (SSSR count). The Morgan fingerprint density at radius 1 is 1.47 bits per heavy atom. The zero-order valence-electron chi connectivity index (χ0n) is 7.49. The summed E-state index contributed by atoms with van der Waals surface area (Å²) in [5.74, 6) is -0.627. The van der Waals surface area contributed by atoms with Gasteiger partial charge in [0.2, 0.25) is 0 Å². The number of hydrogen-bond donors (Lipinski definition) is 0. The molecule has 80 valence electrons. The van der Waals surface area contributed by atoms with E-state index in [9.17, 15) is 14.9 Å². The molecule has 0 spiro atoms. The summed E-state index contributed by atoms with van der Waals surface area (Å²) < 4.78 is 4.89. The number of carbonyl (C=O) groups is 1. The van der Waals surface area contributed by atoms with Crippen LogP contribution in [-0.2, 0) is 4.74 Å². The number of ether oxygens (including phenoxy) is 1. The Bertz CT molecular complexity index is 433. The van der Waals surface area contributed by atoms with E-state index < -0.39 is 10.9 Å². The van der Waals surface area contributed by atoms with Crippen LogP contribution in [-0.4, -0.2) is 18.0 Å². The van der Waals surface area contributed by atoms with Gasteiger partial charge in [0.15, 0.2) is 0 Å². The maximum absolute atomic E-state index is 11.2. The summed E-state index contributed by atoms with van der Waals surface area (Å²) in [5.41, 5.74) is -0.0784. The van der Waals surface area contributed by atoms with Gasteiger partial charge in [-0.15, -0.1) is 0 Å². The van der Waals surface area contributed by atoms with Crippen molar-refractivity contribution in [2.24, 2.45) is 0 Å². The van der Waals surface area contributed by atoms with Crippen LogP contribution in [0.2, 0.25) is 0 Å². The quantitative estimate of drug-likeness (QED) is 0.472. The van der Waals surface area contributed by atoms with Gasteiger partial charge in [-0.2, -0.15) is 0 Å². The molecule has 0 saturated heterocycles. The third kappa shape index (κ3) is 2.35. The van der Waals surface area contributed by atoms with Crippen molar-refractivity contribution in [2.45, 2.75) is 0 Å². The number of halogens is 2. The van der Waals surface area contributed by atoms with Crippen molar-refractivity contribution in [1.82, 2.24) is 0 Å². The molecule has 0 aliphatic rings. The van der Waals surface area contributed by atoms with E-state index in [2.05, 4.69) is 36.6 Å². The SMILES string of the molecule is COC(=O)c1ccc(Br)c([N+](=O)[O-])c1Br. The van der Waals surface area contributed by atoms with Gasteiger partial charge in [0.1, 0.15) is 4.47 Å². The number of esters is 1. The van der Waals surface area contributed by atoms with Crippen LogP contribution in [0, 0.1) is 10.1 Å². The van der Waals surface area contributed by atoms with E-state index in [1.165, 1.54) is 19.2 Å². The van der Waals surface area contributed by atoms with Crippen molar-refractivity contribution in [3.63, 3.8) is 0 Å². The molecule has 1 aromatic carbocycles. The molecular weight excluding hydrogens is 334 g/mol. The molecule has 0 saturated carbocycles. The van der Waals surface area contributed by atoms with E-state index in [4.69, 9.17) is 0 Å². The lowest BCUT2D eigenvalue weighted by Gasteiger charge is -2.04. The highest BCUT2D eigenvalue weighted by atomic mass is 79.9. The predicted molar refractivity (Wildman–Crippen MR) is 59.8 cm³/mol. The van der Waals surface area contributed by atoms with E-state index in [1.807, 2.05) is 0 Å². The highest BCUT2D eigenvalue weighted by molar-refractivity contribution is 9.11. The molecule has 0 aliphatic carbocycles. The first-order valence-corrected chi connectivity index (χ1v) is 5.28. The molecule has 0 radical (unpaired) electrons. The van der Waals surface area contributed by atoms with Crippen LogP contribution in [0.1, 0.15) is 10.4 Å². The number of nitrogens with zero attached hydrogens (tertiary/aromatic N) is 1. The maximum atomic E-state index is 11.2. The summed E-state index contributed by atoms with van der Waals surface area (Å²) >= 11 is 6.03. The van der Waals surface area contributed by atoms with Crippen molar-refractivity contribution >= 4 is 43.5 Å². The van der Waals surface area contributed by atoms with Gasteiger partial charge < -0.3 is 4.74 Å². The van der Waals surface area contributed by atoms with Crippen molar-refractivity contribution in [2.75, 3.05) is 7.11 Å². The first-order valence-electron chi connectivity index (χ1n) is 3.69. The van der Waals surface area contributed by atoms with E-state index >= 15 is 0 Å². The molecule has 0 N–H and O–H groups in total. The van der Waals surface area contributed by atoms with Gasteiger partial charge in [-0.3, -0.25) is 10.1 Å². The van der Waals surface area contributed by atoms with E-state index in [0.29, 0.717) is 4.47 Å². The number of nitro benzene ring substituents is 1. The molecule has 0 amide bonds.